The maximum atomic E-state index is 12.2. The fraction of sp³-hybridized carbons (Fsp3) is 0.500. The number of aryl methyl sites for hydroxylation is 1. The standard InChI is InChI=1S/C8H13N7O3S/c1-4-7(6(3-16)10-9-4)19(17,18)13-5(2)8-11-14-15-12-8/h5,13,16H,3H2,1-2H3,(H,9,10)(H,11,12,14,15). The van der Waals surface area contributed by atoms with Gasteiger partial charge >= 0.3 is 0 Å². The molecule has 0 aliphatic heterocycles. The number of aromatic amines is 2. The molecule has 0 amide bonds. The lowest BCUT2D eigenvalue weighted by atomic mass is 10.4. The summed E-state index contributed by atoms with van der Waals surface area (Å²) in [5.74, 6) is 0.218. The Morgan fingerprint density at radius 3 is 2.74 bits per heavy atom. The van der Waals surface area contributed by atoms with Crippen LogP contribution in [0.15, 0.2) is 4.90 Å². The number of nitrogens with zero attached hydrogens (tertiary/aromatic N) is 4. The zero-order chi connectivity index (χ0) is 14.0. The van der Waals surface area contributed by atoms with E-state index in [9.17, 15) is 8.42 Å². The summed E-state index contributed by atoms with van der Waals surface area (Å²) in [6.45, 7) is 2.66. The molecule has 11 heteroatoms. The average molecular weight is 287 g/mol. The summed E-state index contributed by atoms with van der Waals surface area (Å²) in [6, 6.07) is -0.662. The van der Waals surface area contributed by atoms with Crippen molar-refractivity contribution >= 4 is 10.0 Å². The molecular weight excluding hydrogens is 274 g/mol. The van der Waals surface area contributed by atoms with Crippen molar-refractivity contribution in [1.82, 2.24) is 35.5 Å². The molecule has 0 spiro atoms. The molecule has 0 radical (unpaired) electrons. The zero-order valence-electron chi connectivity index (χ0n) is 10.2. The monoisotopic (exact) mass is 287 g/mol. The highest BCUT2D eigenvalue weighted by atomic mass is 32.2. The number of H-pyrrole nitrogens is 2. The molecule has 0 saturated heterocycles. The van der Waals surface area contributed by atoms with Crippen molar-refractivity contribution in [3.05, 3.63) is 17.2 Å². The second kappa shape index (κ2) is 5.03. The first-order chi connectivity index (χ1) is 8.95. The molecule has 0 saturated carbocycles. The van der Waals surface area contributed by atoms with Crippen LogP contribution in [0.3, 0.4) is 0 Å². The van der Waals surface area contributed by atoms with Gasteiger partial charge in [0, 0.05) is 0 Å². The van der Waals surface area contributed by atoms with Gasteiger partial charge in [-0.25, -0.2) is 13.1 Å². The minimum absolute atomic E-state index is 0.0605. The summed E-state index contributed by atoms with van der Waals surface area (Å²) >= 11 is 0. The molecule has 0 bridgehead atoms. The first-order valence-electron chi connectivity index (χ1n) is 5.36. The Balaban J connectivity index is 2.30. The molecule has 19 heavy (non-hydrogen) atoms. The molecule has 0 fully saturated rings. The maximum Gasteiger partial charge on any atom is 0.244 e. The first kappa shape index (κ1) is 13.6. The van der Waals surface area contributed by atoms with E-state index in [1.807, 2.05) is 0 Å². The molecule has 0 aromatic carbocycles. The Hall–Kier alpha value is -1.85. The number of nitrogens with one attached hydrogen (secondary N) is 3. The van der Waals surface area contributed by atoms with Crippen molar-refractivity contribution in [1.29, 1.82) is 0 Å². The Morgan fingerprint density at radius 1 is 1.42 bits per heavy atom. The number of aliphatic hydroxyl groups excluding tert-OH is 1. The van der Waals surface area contributed by atoms with E-state index in [0.717, 1.165) is 0 Å². The maximum absolute atomic E-state index is 12.2. The molecule has 2 aromatic heterocycles. The summed E-state index contributed by atoms with van der Waals surface area (Å²) in [6.07, 6.45) is 0. The minimum atomic E-state index is -3.84. The zero-order valence-corrected chi connectivity index (χ0v) is 11.1. The van der Waals surface area contributed by atoms with Crippen molar-refractivity contribution in [3.63, 3.8) is 0 Å². The van der Waals surface area contributed by atoms with Crippen LogP contribution in [0.25, 0.3) is 0 Å². The van der Waals surface area contributed by atoms with Gasteiger partial charge in [-0.05, 0) is 13.8 Å². The summed E-state index contributed by atoms with van der Waals surface area (Å²) in [4.78, 5) is -0.0645. The van der Waals surface area contributed by atoms with Crippen molar-refractivity contribution in [2.75, 3.05) is 0 Å². The molecule has 0 aliphatic rings. The largest absolute Gasteiger partial charge is 0.390 e. The van der Waals surface area contributed by atoms with E-state index < -0.39 is 22.7 Å². The Morgan fingerprint density at radius 2 is 2.16 bits per heavy atom. The van der Waals surface area contributed by atoms with E-state index in [-0.39, 0.29) is 16.4 Å². The molecule has 2 aromatic rings. The third-order valence-electron chi connectivity index (χ3n) is 2.46. The second-order valence-corrected chi connectivity index (χ2v) is 5.55. The fourth-order valence-electron chi connectivity index (χ4n) is 1.63. The number of hydrogen-bond acceptors (Lipinski definition) is 7. The van der Waals surface area contributed by atoms with Crippen LogP contribution in [0.4, 0.5) is 0 Å². The summed E-state index contributed by atoms with van der Waals surface area (Å²) < 4.78 is 26.9. The molecule has 4 N–H and O–H groups in total. The Labute approximate surface area is 108 Å². The van der Waals surface area contributed by atoms with Crippen molar-refractivity contribution < 1.29 is 13.5 Å². The Kier molecular flexibility index (Phi) is 3.59. The highest BCUT2D eigenvalue weighted by molar-refractivity contribution is 7.89. The van der Waals surface area contributed by atoms with Gasteiger partial charge in [-0.2, -0.15) is 10.3 Å². The van der Waals surface area contributed by atoms with Crippen LogP contribution in [0, 0.1) is 6.92 Å². The number of rotatable bonds is 5. The van der Waals surface area contributed by atoms with Gasteiger partial charge in [-0.15, -0.1) is 10.2 Å². The number of sulfonamides is 1. The number of hydrogen-bond donors (Lipinski definition) is 4. The molecule has 104 valence electrons. The van der Waals surface area contributed by atoms with Crippen LogP contribution < -0.4 is 4.72 Å². The van der Waals surface area contributed by atoms with Gasteiger partial charge in [-0.3, -0.25) is 5.10 Å². The highest BCUT2D eigenvalue weighted by Gasteiger charge is 2.27. The van der Waals surface area contributed by atoms with Crippen molar-refractivity contribution in [3.8, 4) is 0 Å². The van der Waals surface area contributed by atoms with Crippen LogP contribution in [-0.4, -0.2) is 44.3 Å². The van der Waals surface area contributed by atoms with Crippen molar-refractivity contribution in [2.45, 2.75) is 31.4 Å². The van der Waals surface area contributed by atoms with E-state index in [1.54, 1.807) is 13.8 Å². The lowest BCUT2D eigenvalue weighted by Crippen LogP contribution is -2.28. The van der Waals surface area contributed by atoms with Crippen molar-refractivity contribution in [2.24, 2.45) is 0 Å². The lowest BCUT2D eigenvalue weighted by molar-refractivity contribution is 0.273. The lowest BCUT2D eigenvalue weighted by Gasteiger charge is -2.11. The van der Waals surface area contributed by atoms with E-state index in [1.165, 1.54) is 0 Å². The van der Waals surface area contributed by atoms with Gasteiger partial charge in [0.05, 0.1) is 18.3 Å². The molecule has 1 unspecified atom stereocenters. The molecule has 1 atom stereocenters. The third kappa shape index (κ3) is 2.62. The predicted molar refractivity (Wildman–Crippen MR) is 62.2 cm³/mol. The van der Waals surface area contributed by atoms with Crippen LogP contribution in [0.2, 0.25) is 0 Å². The number of aliphatic hydroxyl groups is 1. The Bertz CT molecular complexity index is 648. The van der Waals surface area contributed by atoms with Crippen LogP contribution in [0.5, 0.6) is 0 Å². The topological polar surface area (TPSA) is 150 Å². The number of aromatic nitrogens is 6. The molecule has 2 rings (SSSR count). The molecule has 10 nitrogen and oxygen atoms in total. The predicted octanol–water partition coefficient (Wildman–Crippen LogP) is -1.24. The van der Waals surface area contributed by atoms with E-state index in [2.05, 4.69) is 35.5 Å². The van der Waals surface area contributed by atoms with Gasteiger partial charge < -0.3 is 5.11 Å². The minimum Gasteiger partial charge on any atom is -0.390 e. The SMILES string of the molecule is Cc1[nH]nc(CO)c1S(=O)(=O)NC(C)c1nn[nH]n1. The fourth-order valence-corrected chi connectivity index (χ4v) is 3.19. The average Bonchev–Trinajstić information content (AvgIpc) is 2.96. The summed E-state index contributed by atoms with van der Waals surface area (Å²) in [5, 5.41) is 28.3. The number of tetrazole rings is 1. The second-order valence-electron chi connectivity index (χ2n) is 3.90. The molecule has 2 heterocycles. The first-order valence-corrected chi connectivity index (χ1v) is 6.84. The molecular formula is C8H13N7O3S. The van der Waals surface area contributed by atoms with Gasteiger partial charge in [0.2, 0.25) is 10.0 Å². The van der Waals surface area contributed by atoms with Gasteiger partial charge in [0.15, 0.2) is 5.82 Å². The van der Waals surface area contributed by atoms with E-state index >= 15 is 0 Å². The summed E-state index contributed by atoms with van der Waals surface area (Å²) in [5.41, 5.74) is 0.405. The molecule has 0 aliphatic carbocycles. The quantitative estimate of drug-likeness (QED) is 0.537. The van der Waals surface area contributed by atoms with Crippen LogP contribution >= 0.6 is 0 Å². The van der Waals surface area contributed by atoms with Gasteiger partial charge in [0.25, 0.3) is 0 Å². The van der Waals surface area contributed by atoms with E-state index in [0.29, 0.717) is 5.69 Å². The highest BCUT2D eigenvalue weighted by Crippen LogP contribution is 2.19. The van der Waals surface area contributed by atoms with E-state index in [4.69, 9.17) is 5.11 Å². The summed E-state index contributed by atoms with van der Waals surface area (Å²) in [7, 11) is -3.84. The van der Waals surface area contributed by atoms with Crippen LogP contribution in [0.1, 0.15) is 30.2 Å². The van der Waals surface area contributed by atoms with Gasteiger partial charge in [0.1, 0.15) is 10.6 Å². The third-order valence-corrected chi connectivity index (χ3v) is 4.20. The normalized spacial score (nSPS) is 13.6. The van der Waals surface area contributed by atoms with Gasteiger partial charge in [-0.1, -0.05) is 5.21 Å². The van der Waals surface area contributed by atoms with Crippen LogP contribution in [-0.2, 0) is 16.6 Å². The smallest absolute Gasteiger partial charge is 0.244 e.